The number of carboxylic acid groups (broad SMARTS) is 1. The molecule has 130 valence electrons. The fraction of sp³-hybridized carbons (Fsp3) is 0.364. The molecule has 0 aliphatic rings. The van der Waals surface area contributed by atoms with Crippen LogP contribution in [-0.2, 0) is 11.3 Å². The van der Waals surface area contributed by atoms with E-state index in [1.54, 1.807) is 11.4 Å². The molecule has 0 saturated carbocycles. The van der Waals surface area contributed by atoms with Gasteiger partial charge in [-0.3, -0.25) is 9.78 Å². The highest BCUT2D eigenvalue weighted by atomic mass is 19.4. The van der Waals surface area contributed by atoms with Crippen LogP contribution in [0.4, 0.5) is 26.3 Å². The van der Waals surface area contributed by atoms with Gasteiger partial charge >= 0.3 is 18.3 Å². The molecule has 6 nitrogen and oxygen atoms in total. The molecule has 23 heavy (non-hydrogen) atoms. The third-order valence-electron chi connectivity index (χ3n) is 1.98. The third kappa shape index (κ3) is 9.29. The second-order valence-electron chi connectivity index (χ2n) is 3.85. The molecule has 1 aromatic rings. The van der Waals surface area contributed by atoms with E-state index >= 15 is 0 Å². The molecule has 1 aromatic heterocycles. The molecule has 12 heteroatoms. The van der Waals surface area contributed by atoms with Crippen molar-refractivity contribution in [1.29, 1.82) is 0 Å². The molecule has 0 spiro atoms. The van der Waals surface area contributed by atoms with Crippen molar-refractivity contribution >= 4 is 11.9 Å². The first kappa shape index (κ1) is 20.6. The molecule has 1 heterocycles. The predicted octanol–water partition coefficient (Wildman–Crippen LogP) is 1.47. The maximum Gasteiger partial charge on any atom is 0.490 e. The SMILES string of the molecule is NCc1ccnc(C(=O)NCC(F)(F)F)c1.O=C(O)C(F)(F)F. The first-order chi connectivity index (χ1) is 10.4. The number of pyridine rings is 1. The van der Waals surface area contributed by atoms with Gasteiger partial charge in [0.2, 0.25) is 0 Å². The molecule has 0 unspecified atom stereocenters. The Labute approximate surface area is 125 Å². The zero-order chi connectivity index (χ0) is 18.3. The molecular formula is C11H11F6N3O3. The van der Waals surface area contributed by atoms with Crippen molar-refractivity contribution in [2.75, 3.05) is 6.54 Å². The standard InChI is InChI=1S/C9H10F3N3O.C2HF3O2/c10-9(11,12)5-15-8(16)7-3-6(4-13)1-2-14-7;3-2(4,5)1(6)7/h1-3H,4-5,13H2,(H,15,16);(H,6,7). The van der Waals surface area contributed by atoms with E-state index in [0.29, 0.717) is 5.56 Å². The van der Waals surface area contributed by atoms with Gasteiger partial charge in [-0.05, 0) is 17.7 Å². The van der Waals surface area contributed by atoms with Gasteiger partial charge in [-0.2, -0.15) is 26.3 Å². The van der Waals surface area contributed by atoms with Crippen molar-refractivity contribution in [2.24, 2.45) is 5.73 Å². The quantitative estimate of drug-likeness (QED) is 0.718. The summed E-state index contributed by atoms with van der Waals surface area (Å²) in [7, 11) is 0. The average molecular weight is 347 g/mol. The summed E-state index contributed by atoms with van der Waals surface area (Å²) in [6.07, 6.45) is -8.19. The van der Waals surface area contributed by atoms with Crippen molar-refractivity contribution in [1.82, 2.24) is 10.3 Å². The van der Waals surface area contributed by atoms with Crippen molar-refractivity contribution in [3.63, 3.8) is 0 Å². The minimum absolute atomic E-state index is 0.0767. The lowest BCUT2D eigenvalue weighted by atomic mass is 10.2. The zero-order valence-corrected chi connectivity index (χ0v) is 11.2. The average Bonchev–Trinajstić information content (AvgIpc) is 2.43. The number of nitrogens with zero attached hydrogens (tertiary/aromatic N) is 1. The van der Waals surface area contributed by atoms with Crippen LogP contribution in [-0.4, -0.2) is 40.9 Å². The molecule has 0 radical (unpaired) electrons. The first-order valence-electron chi connectivity index (χ1n) is 5.67. The number of nitrogens with two attached hydrogens (primary N) is 1. The van der Waals surface area contributed by atoms with Crippen LogP contribution in [0, 0.1) is 0 Å². The molecule has 4 N–H and O–H groups in total. The topological polar surface area (TPSA) is 105 Å². The van der Waals surface area contributed by atoms with Crippen LogP contribution >= 0.6 is 0 Å². The largest absolute Gasteiger partial charge is 0.490 e. The molecule has 0 bridgehead atoms. The van der Waals surface area contributed by atoms with Crippen LogP contribution in [0.2, 0.25) is 0 Å². The molecule has 1 amide bonds. The number of carbonyl (C=O) groups excluding carboxylic acids is 1. The summed E-state index contributed by atoms with van der Waals surface area (Å²) in [5.74, 6) is -3.62. The van der Waals surface area contributed by atoms with Crippen molar-refractivity contribution < 1.29 is 41.0 Å². The number of amides is 1. The van der Waals surface area contributed by atoms with Crippen LogP contribution in [0.15, 0.2) is 18.3 Å². The lowest BCUT2D eigenvalue weighted by molar-refractivity contribution is -0.192. The summed E-state index contributed by atoms with van der Waals surface area (Å²) < 4.78 is 67.2. The third-order valence-corrected chi connectivity index (χ3v) is 1.98. The molecule has 0 saturated heterocycles. The van der Waals surface area contributed by atoms with Gasteiger partial charge in [0.25, 0.3) is 5.91 Å². The van der Waals surface area contributed by atoms with Gasteiger partial charge in [-0.25, -0.2) is 4.79 Å². The number of halogens is 6. The second kappa shape index (κ2) is 8.31. The minimum Gasteiger partial charge on any atom is -0.475 e. The van der Waals surface area contributed by atoms with Gasteiger partial charge in [0.15, 0.2) is 0 Å². The van der Waals surface area contributed by atoms with E-state index in [1.807, 2.05) is 0 Å². The highest BCUT2D eigenvalue weighted by Gasteiger charge is 2.38. The number of hydrogen-bond donors (Lipinski definition) is 3. The van der Waals surface area contributed by atoms with E-state index in [0.717, 1.165) is 0 Å². The Bertz CT molecular complexity index is 545. The monoisotopic (exact) mass is 347 g/mol. The van der Waals surface area contributed by atoms with Crippen LogP contribution in [0.1, 0.15) is 16.1 Å². The van der Waals surface area contributed by atoms with E-state index in [1.165, 1.54) is 12.3 Å². The smallest absolute Gasteiger partial charge is 0.475 e. The Morgan fingerprint density at radius 1 is 1.22 bits per heavy atom. The van der Waals surface area contributed by atoms with Gasteiger partial charge < -0.3 is 16.2 Å². The summed E-state index contributed by atoms with van der Waals surface area (Å²) in [4.78, 5) is 23.8. The number of carbonyl (C=O) groups is 2. The van der Waals surface area contributed by atoms with E-state index in [9.17, 15) is 31.1 Å². The molecule has 0 aliphatic heterocycles. The highest BCUT2D eigenvalue weighted by molar-refractivity contribution is 5.92. The number of aromatic nitrogens is 1. The zero-order valence-electron chi connectivity index (χ0n) is 11.2. The first-order valence-corrected chi connectivity index (χ1v) is 5.67. The number of hydrogen-bond acceptors (Lipinski definition) is 4. The Hall–Kier alpha value is -2.37. The summed E-state index contributed by atoms with van der Waals surface area (Å²) >= 11 is 0. The maximum absolute atomic E-state index is 11.8. The molecular weight excluding hydrogens is 336 g/mol. The van der Waals surface area contributed by atoms with Gasteiger partial charge in [-0.1, -0.05) is 0 Å². The fourth-order valence-corrected chi connectivity index (χ4v) is 0.996. The van der Waals surface area contributed by atoms with Crippen molar-refractivity contribution in [3.8, 4) is 0 Å². The Morgan fingerprint density at radius 3 is 2.13 bits per heavy atom. The van der Waals surface area contributed by atoms with Crippen LogP contribution in [0.5, 0.6) is 0 Å². The van der Waals surface area contributed by atoms with E-state index < -0.39 is 30.8 Å². The number of rotatable bonds is 3. The molecule has 0 aromatic carbocycles. The Kier molecular flexibility index (Phi) is 7.46. The minimum atomic E-state index is -5.08. The summed E-state index contributed by atoms with van der Waals surface area (Å²) in [6.45, 7) is -1.18. The van der Waals surface area contributed by atoms with E-state index in [2.05, 4.69) is 4.98 Å². The Balaban J connectivity index is 0.000000585. The van der Waals surface area contributed by atoms with Crippen molar-refractivity contribution in [2.45, 2.75) is 18.9 Å². The fourth-order valence-electron chi connectivity index (χ4n) is 0.996. The number of carboxylic acids is 1. The van der Waals surface area contributed by atoms with Gasteiger partial charge in [-0.15, -0.1) is 0 Å². The van der Waals surface area contributed by atoms with E-state index in [-0.39, 0.29) is 12.2 Å². The lowest BCUT2D eigenvalue weighted by Gasteiger charge is -2.08. The second-order valence-corrected chi connectivity index (χ2v) is 3.85. The summed E-state index contributed by atoms with van der Waals surface area (Å²) in [5.41, 5.74) is 5.88. The van der Waals surface area contributed by atoms with E-state index in [4.69, 9.17) is 15.6 Å². The van der Waals surface area contributed by atoms with Gasteiger partial charge in [0.05, 0.1) is 0 Å². The number of alkyl halides is 6. The molecule has 0 fully saturated rings. The highest BCUT2D eigenvalue weighted by Crippen LogP contribution is 2.13. The molecule has 1 rings (SSSR count). The van der Waals surface area contributed by atoms with Gasteiger partial charge in [0.1, 0.15) is 12.2 Å². The number of nitrogens with one attached hydrogen (secondary N) is 1. The van der Waals surface area contributed by atoms with Crippen molar-refractivity contribution in [3.05, 3.63) is 29.6 Å². The van der Waals surface area contributed by atoms with Crippen LogP contribution in [0.25, 0.3) is 0 Å². The lowest BCUT2D eigenvalue weighted by Crippen LogP contribution is -2.34. The normalized spacial score (nSPS) is 11.3. The molecule has 0 atom stereocenters. The summed E-state index contributed by atoms with van der Waals surface area (Å²) in [5, 5.41) is 8.85. The predicted molar refractivity (Wildman–Crippen MR) is 64.2 cm³/mol. The summed E-state index contributed by atoms with van der Waals surface area (Å²) in [6, 6.07) is 2.94. The Morgan fingerprint density at radius 2 is 1.74 bits per heavy atom. The van der Waals surface area contributed by atoms with Crippen LogP contribution in [0.3, 0.4) is 0 Å². The number of aliphatic carboxylic acids is 1. The molecule has 0 aliphatic carbocycles. The maximum atomic E-state index is 11.8. The van der Waals surface area contributed by atoms with Crippen LogP contribution < -0.4 is 11.1 Å². The van der Waals surface area contributed by atoms with Gasteiger partial charge in [0, 0.05) is 12.7 Å².